The van der Waals surface area contributed by atoms with Crippen molar-refractivity contribution in [3.05, 3.63) is 45.6 Å². The van der Waals surface area contributed by atoms with Crippen LogP contribution in [0.15, 0.2) is 45.6 Å². The molecule has 25 heavy (non-hydrogen) atoms. The summed E-state index contributed by atoms with van der Waals surface area (Å²) in [5, 5.41) is 0.225. The second-order valence-electron chi connectivity index (χ2n) is 6.81. The van der Waals surface area contributed by atoms with E-state index in [9.17, 15) is 4.79 Å². The number of ether oxygens (including phenoxy) is 1. The Kier molecular flexibility index (Phi) is 13.2. The van der Waals surface area contributed by atoms with Gasteiger partial charge in [-0.15, -0.1) is 0 Å². The molecule has 0 heterocycles. The van der Waals surface area contributed by atoms with Gasteiger partial charge < -0.3 is 4.74 Å². The topological polar surface area (TPSA) is 26.3 Å². The van der Waals surface area contributed by atoms with E-state index in [1.54, 1.807) is 6.92 Å². The Labute approximate surface area is 159 Å². The Morgan fingerprint density at radius 3 is 1.80 bits per heavy atom. The van der Waals surface area contributed by atoms with Crippen LogP contribution in [0.5, 0.6) is 0 Å². The van der Waals surface area contributed by atoms with Crippen molar-refractivity contribution in [2.45, 2.75) is 80.1 Å². The average Bonchev–Trinajstić information content (AvgIpc) is 2.53. The molecule has 0 unspecified atom stereocenters. The van der Waals surface area contributed by atoms with Gasteiger partial charge in [0.05, 0.1) is 6.61 Å². The standard InChI is InChI=1S/C22H35ClO2/c1-7-25-22(24)21(23)20(6)16-10-15-19(5)14-9-13-18(4)12-8-11-17(2)3/h11,13,15H,7-10,12,14,16H2,1-6H3/b18-13+,19-15+,21-20+. The van der Waals surface area contributed by atoms with Gasteiger partial charge in [0.1, 0.15) is 5.03 Å². The fourth-order valence-corrected chi connectivity index (χ4v) is 2.50. The van der Waals surface area contributed by atoms with Crippen LogP contribution >= 0.6 is 11.6 Å². The molecule has 3 heteroatoms. The van der Waals surface area contributed by atoms with Gasteiger partial charge in [-0.3, -0.25) is 0 Å². The zero-order valence-corrected chi connectivity index (χ0v) is 17.6. The number of hydrogen-bond donors (Lipinski definition) is 0. The molecule has 0 amide bonds. The van der Waals surface area contributed by atoms with E-state index in [1.165, 1.54) is 16.7 Å². The minimum absolute atomic E-state index is 0.225. The first-order valence-electron chi connectivity index (χ1n) is 9.24. The van der Waals surface area contributed by atoms with Crippen molar-refractivity contribution in [2.24, 2.45) is 0 Å². The lowest BCUT2D eigenvalue weighted by molar-refractivity contribution is -0.137. The highest BCUT2D eigenvalue weighted by molar-refractivity contribution is 6.41. The molecule has 2 nitrogen and oxygen atoms in total. The van der Waals surface area contributed by atoms with E-state index in [-0.39, 0.29) is 5.03 Å². The number of hydrogen-bond acceptors (Lipinski definition) is 2. The summed E-state index contributed by atoms with van der Waals surface area (Å²) in [5.41, 5.74) is 5.12. The van der Waals surface area contributed by atoms with Crippen molar-refractivity contribution in [3.8, 4) is 0 Å². The van der Waals surface area contributed by atoms with Gasteiger partial charge in [0.15, 0.2) is 0 Å². The van der Waals surface area contributed by atoms with Gasteiger partial charge in [-0.05, 0) is 85.6 Å². The number of allylic oxidation sites excluding steroid dienone is 7. The molecule has 0 aromatic heterocycles. The lowest BCUT2D eigenvalue weighted by atomic mass is 10.0. The Hall–Kier alpha value is -1.28. The molecule has 0 aromatic carbocycles. The molecule has 0 N–H and O–H groups in total. The molecule has 0 spiro atoms. The third-order valence-electron chi connectivity index (χ3n) is 3.96. The number of carbonyl (C=O) groups is 1. The van der Waals surface area contributed by atoms with Crippen LogP contribution in [-0.4, -0.2) is 12.6 Å². The number of rotatable bonds is 11. The molecule has 0 bridgehead atoms. The summed E-state index contributed by atoms with van der Waals surface area (Å²) >= 11 is 6.03. The van der Waals surface area contributed by atoms with Gasteiger partial charge in [-0.2, -0.15) is 0 Å². The van der Waals surface area contributed by atoms with Crippen molar-refractivity contribution in [1.29, 1.82) is 0 Å². The minimum Gasteiger partial charge on any atom is -0.462 e. The Balaban J connectivity index is 4.23. The first-order valence-corrected chi connectivity index (χ1v) is 9.62. The van der Waals surface area contributed by atoms with Crippen LogP contribution in [0.2, 0.25) is 0 Å². The smallest absolute Gasteiger partial charge is 0.349 e. The van der Waals surface area contributed by atoms with Crippen molar-refractivity contribution >= 4 is 17.6 Å². The molecule has 0 radical (unpaired) electrons. The molecule has 0 aliphatic rings. The molecule has 0 saturated heterocycles. The normalized spacial score (nSPS) is 13.4. The number of esters is 1. The molecule has 0 fully saturated rings. The lowest BCUT2D eigenvalue weighted by Crippen LogP contribution is -2.05. The fraction of sp³-hybridized carbons (Fsp3) is 0.591. The second-order valence-corrected chi connectivity index (χ2v) is 7.19. The SMILES string of the molecule is CCOC(=O)/C(Cl)=C(/C)CC/C=C(\C)CC/C=C(\C)CCC=C(C)C. The zero-order chi connectivity index (χ0) is 19.2. The van der Waals surface area contributed by atoms with Crippen molar-refractivity contribution in [3.63, 3.8) is 0 Å². The summed E-state index contributed by atoms with van der Waals surface area (Å²) in [4.78, 5) is 11.6. The van der Waals surface area contributed by atoms with E-state index in [1.807, 2.05) is 6.92 Å². The van der Waals surface area contributed by atoms with Gasteiger partial charge in [-0.25, -0.2) is 4.79 Å². The summed E-state index contributed by atoms with van der Waals surface area (Å²) in [6.45, 7) is 12.7. The minimum atomic E-state index is -0.420. The second kappa shape index (κ2) is 13.9. The van der Waals surface area contributed by atoms with E-state index < -0.39 is 5.97 Å². The van der Waals surface area contributed by atoms with Crippen LogP contribution in [0, 0.1) is 0 Å². The predicted octanol–water partition coefficient (Wildman–Crippen LogP) is 7.26. The summed E-state index contributed by atoms with van der Waals surface area (Å²) in [7, 11) is 0. The first kappa shape index (κ1) is 23.7. The predicted molar refractivity (Wildman–Crippen MR) is 110 cm³/mol. The highest BCUT2D eigenvalue weighted by Crippen LogP contribution is 2.18. The quantitative estimate of drug-likeness (QED) is 0.218. The molecule has 0 aliphatic heterocycles. The van der Waals surface area contributed by atoms with Crippen molar-refractivity contribution in [1.82, 2.24) is 0 Å². The van der Waals surface area contributed by atoms with Crippen molar-refractivity contribution < 1.29 is 9.53 Å². The average molecular weight is 367 g/mol. The highest BCUT2D eigenvalue weighted by atomic mass is 35.5. The molecule has 0 atom stereocenters. The van der Waals surface area contributed by atoms with Crippen molar-refractivity contribution in [2.75, 3.05) is 6.61 Å². The molecule has 0 saturated carbocycles. The summed E-state index contributed by atoms with van der Waals surface area (Å²) in [5.74, 6) is -0.420. The van der Waals surface area contributed by atoms with E-state index in [2.05, 4.69) is 45.9 Å². The van der Waals surface area contributed by atoms with Gasteiger partial charge in [0, 0.05) is 0 Å². The maximum absolute atomic E-state index is 11.6. The Morgan fingerprint density at radius 1 is 0.840 bits per heavy atom. The van der Waals surface area contributed by atoms with Gasteiger partial charge in [0.2, 0.25) is 0 Å². The summed E-state index contributed by atoms with van der Waals surface area (Å²) < 4.78 is 4.91. The van der Waals surface area contributed by atoms with E-state index in [4.69, 9.17) is 16.3 Å². The molecular weight excluding hydrogens is 332 g/mol. The van der Waals surface area contributed by atoms with E-state index in [0.717, 1.165) is 44.1 Å². The maximum atomic E-state index is 11.6. The van der Waals surface area contributed by atoms with Crippen LogP contribution < -0.4 is 0 Å². The van der Waals surface area contributed by atoms with Gasteiger partial charge >= 0.3 is 5.97 Å². The Bertz CT molecular complexity index is 532. The van der Waals surface area contributed by atoms with Crippen LogP contribution in [-0.2, 0) is 9.53 Å². The van der Waals surface area contributed by atoms with Crippen LogP contribution in [0.3, 0.4) is 0 Å². The maximum Gasteiger partial charge on any atom is 0.349 e. The molecule has 0 aromatic rings. The third kappa shape index (κ3) is 12.7. The lowest BCUT2D eigenvalue weighted by Gasteiger charge is -2.05. The Morgan fingerprint density at radius 2 is 1.32 bits per heavy atom. The molecule has 142 valence electrons. The third-order valence-corrected chi connectivity index (χ3v) is 4.44. The van der Waals surface area contributed by atoms with Gasteiger partial charge in [-0.1, -0.05) is 46.5 Å². The molecule has 0 aliphatic carbocycles. The summed E-state index contributed by atoms with van der Waals surface area (Å²) in [6, 6.07) is 0. The largest absolute Gasteiger partial charge is 0.462 e. The van der Waals surface area contributed by atoms with Crippen LogP contribution in [0.1, 0.15) is 80.1 Å². The molecular formula is C22H35ClO2. The highest BCUT2D eigenvalue weighted by Gasteiger charge is 2.10. The fourth-order valence-electron chi connectivity index (χ4n) is 2.35. The van der Waals surface area contributed by atoms with Crippen LogP contribution in [0.25, 0.3) is 0 Å². The first-order chi connectivity index (χ1) is 11.8. The van der Waals surface area contributed by atoms with Gasteiger partial charge in [0.25, 0.3) is 0 Å². The number of halogens is 1. The summed E-state index contributed by atoms with van der Waals surface area (Å²) in [6.07, 6.45) is 13.0. The van der Waals surface area contributed by atoms with Crippen LogP contribution in [0.4, 0.5) is 0 Å². The zero-order valence-electron chi connectivity index (χ0n) is 16.9. The monoisotopic (exact) mass is 366 g/mol. The number of carbonyl (C=O) groups excluding carboxylic acids is 1. The van der Waals surface area contributed by atoms with E-state index >= 15 is 0 Å². The molecule has 0 rings (SSSR count). The van der Waals surface area contributed by atoms with E-state index in [0.29, 0.717) is 6.61 Å².